The Hall–Kier alpha value is -1.27. The number of methoxy groups -OCH3 is 1. The highest BCUT2D eigenvalue weighted by atomic mass is 16.5. The van der Waals surface area contributed by atoms with E-state index in [1.54, 1.807) is 6.08 Å². The van der Waals surface area contributed by atoms with Gasteiger partial charge in [0.2, 0.25) is 0 Å². The zero-order valence-corrected chi connectivity index (χ0v) is 9.32. The molecule has 3 nitrogen and oxygen atoms in total. The lowest BCUT2D eigenvalue weighted by atomic mass is 10.2. The Morgan fingerprint density at radius 2 is 2.27 bits per heavy atom. The molecule has 0 aromatic carbocycles. The molecule has 0 saturated heterocycles. The molecule has 3 heteroatoms. The summed E-state index contributed by atoms with van der Waals surface area (Å²) in [6, 6.07) is 0. The number of hydrogen-bond donors (Lipinski definition) is 1. The van der Waals surface area contributed by atoms with Crippen molar-refractivity contribution in [2.75, 3.05) is 7.11 Å². The Labute approximate surface area is 91.1 Å². The maximum absolute atomic E-state index is 10.6. The van der Waals surface area contributed by atoms with E-state index in [9.17, 15) is 9.90 Å². The van der Waals surface area contributed by atoms with E-state index in [4.69, 9.17) is 0 Å². The second-order valence-corrected chi connectivity index (χ2v) is 3.13. The summed E-state index contributed by atoms with van der Waals surface area (Å²) in [6.07, 6.45) is 7.00. The van der Waals surface area contributed by atoms with Crippen LogP contribution >= 0.6 is 0 Å². The van der Waals surface area contributed by atoms with Crippen molar-refractivity contribution >= 4 is 5.97 Å². The minimum atomic E-state index is -0.884. The maximum atomic E-state index is 10.6. The molecule has 1 N–H and O–H groups in total. The molecule has 0 fully saturated rings. The zero-order valence-electron chi connectivity index (χ0n) is 9.32. The van der Waals surface area contributed by atoms with Gasteiger partial charge in [0, 0.05) is 5.92 Å². The van der Waals surface area contributed by atoms with Crippen LogP contribution < -0.4 is 0 Å². The van der Waals surface area contributed by atoms with Crippen LogP contribution in [0.3, 0.4) is 0 Å². The van der Waals surface area contributed by atoms with Crippen LogP contribution in [0.2, 0.25) is 0 Å². The van der Waals surface area contributed by atoms with E-state index in [-0.39, 0.29) is 0 Å². The van der Waals surface area contributed by atoms with Crippen molar-refractivity contribution in [2.45, 2.75) is 38.7 Å². The van der Waals surface area contributed by atoms with Crippen LogP contribution in [0, 0.1) is 11.8 Å². The number of allylic oxidation sites excluding steroid dienone is 1. The molecule has 0 heterocycles. The van der Waals surface area contributed by atoms with Gasteiger partial charge < -0.3 is 9.84 Å². The summed E-state index contributed by atoms with van der Waals surface area (Å²) in [5, 5.41) is 9.28. The topological polar surface area (TPSA) is 46.5 Å². The average molecular weight is 210 g/mol. The van der Waals surface area contributed by atoms with Crippen LogP contribution in [0.5, 0.6) is 0 Å². The molecule has 0 aliphatic heterocycles. The van der Waals surface area contributed by atoms with E-state index in [1.807, 2.05) is 6.08 Å². The standard InChI is InChI=1S/C12H18O3/c1-3-4-5-6-7-8-11(13)9-10-12(14)15-2/h7-8,11,13H,3-6H2,1-2H3/b8-7+/t11-/m1/s1. The molecule has 0 aromatic heterocycles. The minimum Gasteiger partial charge on any atom is -0.459 e. The molecular weight excluding hydrogens is 192 g/mol. The van der Waals surface area contributed by atoms with E-state index in [2.05, 4.69) is 23.5 Å². The Balaban J connectivity index is 3.75. The monoisotopic (exact) mass is 210 g/mol. The van der Waals surface area contributed by atoms with E-state index in [0.29, 0.717) is 0 Å². The van der Waals surface area contributed by atoms with Gasteiger partial charge in [0.05, 0.1) is 7.11 Å². The molecule has 0 amide bonds. The predicted molar refractivity (Wildman–Crippen MR) is 59.1 cm³/mol. The number of carbonyl (C=O) groups is 1. The third-order valence-corrected chi connectivity index (χ3v) is 1.80. The molecule has 0 radical (unpaired) electrons. The molecule has 0 saturated carbocycles. The van der Waals surface area contributed by atoms with Crippen LogP contribution in [0.15, 0.2) is 12.2 Å². The van der Waals surface area contributed by atoms with E-state index in [0.717, 1.165) is 12.8 Å². The van der Waals surface area contributed by atoms with Crippen molar-refractivity contribution < 1.29 is 14.6 Å². The summed E-state index contributed by atoms with van der Waals surface area (Å²) in [4.78, 5) is 10.6. The number of hydrogen-bond acceptors (Lipinski definition) is 3. The lowest BCUT2D eigenvalue weighted by Gasteiger charge is -1.94. The Morgan fingerprint density at radius 1 is 1.53 bits per heavy atom. The molecule has 84 valence electrons. The number of aliphatic hydroxyl groups is 1. The zero-order chi connectivity index (χ0) is 11.5. The first-order valence-corrected chi connectivity index (χ1v) is 5.15. The van der Waals surface area contributed by atoms with E-state index >= 15 is 0 Å². The average Bonchev–Trinajstić information content (AvgIpc) is 2.25. The van der Waals surface area contributed by atoms with E-state index in [1.165, 1.54) is 20.0 Å². The van der Waals surface area contributed by atoms with Crippen LogP contribution in [0.1, 0.15) is 32.6 Å². The molecule has 0 aliphatic rings. The number of unbranched alkanes of at least 4 members (excludes halogenated alkanes) is 3. The van der Waals surface area contributed by atoms with Crippen molar-refractivity contribution in [3.8, 4) is 11.8 Å². The first-order valence-electron chi connectivity index (χ1n) is 5.15. The van der Waals surface area contributed by atoms with Crippen molar-refractivity contribution in [3.05, 3.63) is 12.2 Å². The van der Waals surface area contributed by atoms with Gasteiger partial charge in [0.1, 0.15) is 6.10 Å². The van der Waals surface area contributed by atoms with Gasteiger partial charge in [-0.3, -0.25) is 0 Å². The maximum Gasteiger partial charge on any atom is 0.384 e. The molecular formula is C12H18O3. The number of ether oxygens (including phenoxy) is 1. The van der Waals surface area contributed by atoms with Gasteiger partial charge in [-0.1, -0.05) is 31.8 Å². The molecule has 15 heavy (non-hydrogen) atoms. The second kappa shape index (κ2) is 9.29. The smallest absolute Gasteiger partial charge is 0.384 e. The van der Waals surface area contributed by atoms with Crippen molar-refractivity contribution in [1.82, 2.24) is 0 Å². The quantitative estimate of drug-likeness (QED) is 0.247. The van der Waals surface area contributed by atoms with Gasteiger partial charge in [-0.05, 0) is 18.9 Å². The Bertz CT molecular complexity index is 258. The van der Waals surface area contributed by atoms with Crippen LogP contribution in [-0.2, 0) is 9.53 Å². The lowest BCUT2D eigenvalue weighted by molar-refractivity contribution is -0.133. The molecule has 0 spiro atoms. The first-order chi connectivity index (χ1) is 7.20. The predicted octanol–water partition coefficient (Wildman–Crippen LogP) is 1.66. The molecule has 0 unspecified atom stereocenters. The first kappa shape index (κ1) is 13.7. The second-order valence-electron chi connectivity index (χ2n) is 3.13. The third-order valence-electron chi connectivity index (χ3n) is 1.80. The fourth-order valence-corrected chi connectivity index (χ4v) is 0.969. The number of carbonyl (C=O) groups excluding carboxylic acids is 1. The van der Waals surface area contributed by atoms with Gasteiger partial charge in [-0.15, -0.1) is 0 Å². The van der Waals surface area contributed by atoms with Gasteiger partial charge >= 0.3 is 5.97 Å². The molecule has 0 aromatic rings. The van der Waals surface area contributed by atoms with Gasteiger partial charge in [-0.25, -0.2) is 4.79 Å². The Kier molecular flexibility index (Phi) is 8.50. The van der Waals surface area contributed by atoms with Gasteiger partial charge in [0.15, 0.2) is 0 Å². The molecule has 0 rings (SSSR count). The highest BCUT2D eigenvalue weighted by Crippen LogP contribution is 2.00. The fourth-order valence-electron chi connectivity index (χ4n) is 0.969. The minimum absolute atomic E-state index is 0.631. The van der Waals surface area contributed by atoms with Crippen molar-refractivity contribution in [1.29, 1.82) is 0 Å². The highest BCUT2D eigenvalue weighted by molar-refractivity contribution is 5.88. The summed E-state index contributed by atoms with van der Waals surface area (Å²) in [7, 11) is 1.25. The van der Waals surface area contributed by atoms with Crippen LogP contribution in [0.25, 0.3) is 0 Å². The molecule has 1 atom stereocenters. The number of esters is 1. The third kappa shape index (κ3) is 9.04. The van der Waals surface area contributed by atoms with Crippen LogP contribution in [-0.4, -0.2) is 24.3 Å². The van der Waals surface area contributed by atoms with E-state index < -0.39 is 12.1 Å². The summed E-state index contributed by atoms with van der Waals surface area (Å²) in [6.45, 7) is 2.14. The van der Waals surface area contributed by atoms with Crippen LogP contribution in [0.4, 0.5) is 0 Å². The SMILES string of the molecule is CCCCC/C=C/[C@@H](O)C#CC(=O)OC. The summed E-state index contributed by atoms with van der Waals surface area (Å²) >= 11 is 0. The van der Waals surface area contributed by atoms with Gasteiger partial charge in [-0.2, -0.15) is 0 Å². The molecule has 0 bridgehead atoms. The summed E-state index contributed by atoms with van der Waals surface area (Å²) in [5.41, 5.74) is 0. The number of rotatable bonds is 5. The largest absolute Gasteiger partial charge is 0.459 e. The Morgan fingerprint density at radius 3 is 2.87 bits per heavy atom. The summed E-state index contributed by atoms with van der Waals surface area (Å²) in [5.74, 6) is 3.91. The lowest BCUT2D eigenvalue weighted by Crippen LogP contribution is -2.00. The number of aliphatic hydroxyl groups excluding tert-OH is 1. The van der Waals surface area contributed by atoms with Crippen molar-refractivity contribution in [3.63, 3.8) is 0 Å². The normalized spacial score (nSPS) is 11.9. The highest BCUT2D eigenvalue weighted by Gasteiger charge is 1.93. The van der Waals surface area contributed by atoms with Gasteiger partial charge in [0.25, 0.3) is 0 Å². The molecule has 0 aliphatic carbocycles. The fraction of sp³-hybridized carbons (Fsp3) is 0.583. The summed E-state index contributed by atoms with van der Waals surface area (Å²) < 4.78 is 4.31. The van der Waals surface area contributed by atoms with Crippen molar-refractivity contribution in [2.24, 2.45) is 0 Å².